The van der Waals surface area contributed by atoms with Gasteiger partial charge < -0.3 is 15.0 Å². The molecule has 1 N–H and O–H groups in total. The van der Waals surface area contributed by atoms with Gasteiger partial charge in [-0.15, -0.1) is 0 Å². The summed E-state index contributed by atoms with van der Waals surface area (Å²) in [6.07, 6.45) is 4.93. The van der Waals surface area contributed by atoms with Crippen molar-refractivity contribution in [3.63, 3.8) is 0 Å². The first-order valence-electron chi connectivity index (χ1n) is 14.4. The topological polar surface area (TPSA) is 96.0 Å². The molecule has 2 amide bonds. The predicted molar refractivity (Wildman–Crippen MR) is 165 cm³/mol. The molecule has 11 heteroatoms. The molecule has 0 aliphatic heterocycles. The Morgan fingerprint density at radius 2 is 1.65 bits per heavy atom. The zero-order valence-corrected chi connectivity index (χ0v) is 25.9. The molecule has 1 fully saturated rings. The van der Waals surface area contributed by atoms with Gasteiger partial charge in [-0.1, -0.05) is 49.1 Å². The Balaban J connectivity index is 1.68. The van der Waals surface area contributed by atoms with Gasteiger partial charge in [0.05, 0.1) is 17.2 Å². The Morgan fingerprint density at radius 3 is 2.28 bits per heavy atom. The largest absolute Gasteiger partial charge is 0.494 e. The summed E-state index contributed by atoms with van der Waals surface area (Å²) in [6, 6.07) is 16.8. The number of hydrogen-bond donors (Lipinski definition) is 1. The van der Waals surface area contributed by atoms with Gasteiger partial charge in [0, 0.05) is 17.6 Å². The maximum Gasteiger partial charge on any atom is 0.264 e. The molecule has 1 atom stereocenters. The molecule has 43 heavy (non-hydrogen) atoms. The molecule has 0 bridgehead atoms. The Labute approximate surface area is 257 Å². The van der Waals surface area contributed by atoms with Crippen LogP contribution in [0.2, 0.25) is 5.02 Å². The lowest BCUT2D eigenvalue weighted by Crippen LogP contribution is -2.53. The summed E-state index contributed by atoms with van der Waals surface area (Å²) in [5, 5.41) is 3.49. The number of ether oxygens (including phenoxy) is 1. The molecule has 0 unspecified atom stereocenters. The molecule has 0 heterocycles. The number of hydrogen-bond acceptors (Lipinski definition) is 5. The molecule has 1 aliphatic rings. The lowest BCUT2D eigenvalue weighted by molar-refractivity contribution is -0.139. The smallest absolute Gasteiger partial charge is 0.264 e. The summed E-state index contributed by atoms with van der Waals surface area (Å²) < 4.78 is 47.9. The second-order valence-electron chi connectivity index (χ2n) is 10.5. The van der Waals surface area contributed by atoms with E-state index in [4.69, 9.17) is 16.3 Å². The van der Waals surface area contributed by atoms with E-state index in [1.165, 1.54) is 17.0 Å². The maximum absolute atomic E-state index is 14.1. The average molecular weight is 630 g/mol. The fraction of sp³-hybridized carbons (Fsp3) is 0.375. The molecule has 8 nitrogen and oxygen atoms in total. The number of rotatable bonds is 12. The van der Waals surface area contributed by atoms with Gasteiger partial charge in [-0.05, 0) is 86.8 Å². The van der Waals surface area contributed by atoms with E-state index in [0.29, 0.717) is 22.9 Å². The first-order chi connectivity index (χ1) is 20.6. The van der Waals surface area contributed by atoms with E-state index < -0.39 is 34.3 Å². The maximum atomic E-state index is 14.1. The van der Waals surface area contributed by atoms with Gasteiger partial charge in [0.25, 0.3) is 10.0 Å². The number of amides is 2. The zero-order chi connectivity index (χ0) is 31.0. The standard InChI is InChI=1S/C32H37ClFN3O5S/c1-3-42-28-17-15-27(16-18-28)37(43(40,41)29-19-13-25(34)14-20-29)22-31(38)36(21-24-9-7-8-12-30(24)33)23(2)32(39)35-26-10-5-4-6-11-26/h7-9,12-20,23,26H,3-6,10-11,21-22H2,1-2H3,(H,35,39)/t23-/m1/s1. The van der Waals surface area contributed by atoms with E-state index in [9.17, 15) is 22.4 Å². The van der Waals surface area contributed by atoms with Crippen molar-refractivity contribution < 1.29 is 27.1 Å². The predicted octanol–water partition coefficient (Wildman–Crippen LogP) is 5.94. The molecule has 0 radical (unpaired) electrons. The first kappa shape index (κ1) is 32.3. The van der Waals surface area contributed by atoms with E-state index in [1.54, 1.807) is 43.3 Å². The summed E-state index contributed by atoms with van der Waals surface area (Å²) >= 11 is 6.43. The van der Waals surface area contributed by atoms with Gasteiger partial charge in [-0.2, -0.15) is 0 Å². The molecule has 0 aromatic heterocycles. The number of carbonyl (C=O) groups excluding carboxylic acids is 2. The second kappa shape index (κ2) is 14.7. The highest BCUT2D eigenvalue weighted by Gasteiger charge is 2.33. The quantitative estimate of drug-likeness (QED) is 0.268. The van der Waals surface area contributed by atoms with E-state index in [2.05, 4.69) is 5.32 Å². The minimum atomic E-state index is -4.32. The Hall–Kier alpha value is -3.63. The SMILES string of the molecule is CCOc1ccc(N(CC(=O)N(Cc2ccccc2Cl)[C@H](C)C(=O)NC2CCCCC2)S(=O)(=O)c2ccc(F)cc2)cc1. The van der Waals surface area contributed by atoms with E-state index >= 15 is 0 Å². The van der Waals surface area contributed by atoms with Crippen LogP contribution in [-0.4, -0.2) is 50.4 Å². The molecule has 1 saturated carbocycles. The third-order valence-corrected chi connectivity index (χ3v) is 9.69. The Bertz CT molecular complexity index is 1500. The van der Waals surface area contributed by atoms with Crippen LogP contribution < -0.4 is 14.4 Å². The van der Waals surface area contributed by atoms with E-state index in [-0.39, 0.29) is 29.1 Å². The monoisotopic (exact) mass is 629 g/mol. The number of sulfonamides is 1. The van der Waals surface area contributed by atoms with Crippen molar-refractivity contribution >= 4 is 39.1 Å². The normalized spacial score (nSPS) is 14.5. The molecule has 0 saturated heterocycles. The third kappa shape index (κ3) is 8.26. The van der Waals surface area contributed by atoms with Crippen LogP contribution in [0.5, 0.6) is 5.75 Å². The summed E-state index contributed by atoms with van der Waals surface area (Å²) in [7, 11) is -4.32. The number of anilines is 1. The van der Waals surface area contributed by atoms with Crippen LogP contribution in [0.15, 0.2) is 77.7 Å². The van der Waals surface area contributed by atoms with Crippen molar-refractivity contribution in [3.8, 4) is 5.75 Å². The zero-order valence-electron chi connectivity index (χ0n) is 24.3. The van der Waals surface area contributed by atoms with Crippen LogP contribution in [0.1, 0.15) is 51.5 Å². The molecule has 1 aliphatic carbocycles. The van der Waals surface area contributed by atoms with Gasteiger partial charge >= 0.3 is 0 Å². The molecule has 230 valence electrons. The van der Waals surface area contributed by atoms with E-state index in [1.807, 2.05) is 6.92 Å². The van der Waals surface area contributed by atoms with Gasteiger partial charge in [0.1, 0.15) is 24.2 Å². The number of nitrogens with one attached hydrogen (secondary N) is 1. The fourth-order valence-electron chi connectivity index (χ4n) is 5.10. The summed E-state index contributed by atoms with van der Waals surface area (Å²) in [5.41, 5.74) is 0.821. The molecular weight excluding hydrogens is 593 g/mol. The number of halogens is 2. The molecular formula is C32H37ClFN3O5S. The van der Waals surface area contributed by atoms with Crippen LogP contribution in [0.25, 0.3) is 0 Å². The third-order valence-electron chi connectivity index (χ3n) is 7.53. The fourth-order valence-corrected chi connectivity index (χ4v) is 6.71. The summed E-state index contributed by atoms with van der Waals surface area (Å²) in [5.74, 6) is -0.983. The number of carbonyl (C=O) groups is 2. The summed E-state index contributed by atoms with van der Waals surface area (Å²) in [4.78, 5) is 28.7. The molecule has 3 aromatic rings. The summed E-state index contributed by atoms with van der Waals surface area (Å²) in [6.45, 7) is 3.26. The molecule has 0 spiro atoms. The van der Waals surface area contributed by atoms with Crippen LogP contribution in [0.4, 0.5) is 10.1 Å². The molecule has 4 rings (SSSR count). The van der Waals surface area contributed by atoms with Gasteiger partial charge in [0.15, 0.2) is 0 Å². The Morgan fingerprint density at radius 1 is 1.00 bits per heavy atom. The van der Waals surface area contributed by atoms with Crippen molar-refractivity contribution in [1.82, 2.24) is 10.2 Å². The van der Waals surface area contributed by atoms with Crippen molar-refractivity contribution in [3.05, 3.63) is 89.2 Å². The van der Waals surface area contributed by atoms with Crippen LogP contribution in [0.3, 0.4) is 0 Å². The van der Waals surface area contributed by atoms with Crippen molar-refractivity contribution in [2.45, 2.75) is 69.5 Å². The number of benzene rings is 3. The Kier molecular flexibility index (Phi) is 11.0. The van der Waals surface area contributed by atoms with Crippen LogP contribution in [0, 0.1) is 5.82 Å². The van der Waals surface area contributed by atoms with Gasteiger partial charge in [-0.25, -0.2) is 12.8 Å². The second-order valence-corrected chi connectivity index (χ2v) is 12.8. The van der Waals surface area contributed by atoms with E-state index in [0.717, 1.165) is 60.7 Å². The highest BCUT2D eigenvalue weighted by atomic mass is 35.5. The van der Waals surface area contributed by atoms with Crippen molar-refractivity contribution in [2.75, 3.05) is 17.5 Å². The lowest BCUT2D eigenvalue weighted by Gasteiger charge is -2.33. The number of nitrogens with zero attached hydrogens (tertiary/aromatic N) is 2. The lowest BCUT2D eigenvalue weighted by atomic mass is 9.95. The van der Waals surface area contributed by atoms with Crippen LogP contribution >= 0.6 is 11.6 Å². The minimum absolute atomic E-state index is 0.00846. The minimum Gasteiger partial charge on any atom is -0.494 e. The molecule has 3 aromatic carbocycles. The first-order valence-corrected chi connectivity index (χ1v) is 16.3. The van der Waals surface area contributed by atoms with Crippen molar-refractivity contribution in [1.29, 1.82) is 0 Å². The highest BCUT2D eigenvalue weighted by Crippen LogP contribution is 2.27. The van der Waals surface area contributed by atoms with Gasteiger partial charge in [-0.3, -0.25) is 13.9 Å². The highest BCUT2D eigenvalue weighted by molar-refractivity contribution is 7.92. The van der Waals surface area contributed by atoms with Gasteiger partial charge in [0.2, 0.25) is 11.8 Å². The average Bonchev–Trinajstić information content (AvgIpc) is 3.00. The van der Waals surface area contributed by atoms with Crippen LogP contribution in [-0.2, 0) is 26.2 Å². The van der Waals surface area contributed by atoms with Crippen molar-refractivity contribution in [2.24, 2.45) is 0 Å².